The monoisotopic (exact) mass is 190 g/mol. The van der Waals surface area contributed by atoms with Gasteiger partial charge in [0.2, 0.25) is 0 Å². The van der Waals surface area contributed by atoms with Gasteiger partial charge in [-0.05, 0) is 18.8 Å². The number of hydrogen-bond donors (Lipinski definition) is 0. The highest BCUT2D eigenvalue weighted by atomic mass is 15.1. The molecule has 76 valence electrons. The van der Waals surface area contributed by atoms with Crippen molar-refractivity contribution in [3.63, 3.8) is 0 Å². The lowest BCUT2D eigenvalue weighted by molar-refractivity contribution is 0.655. The Balaban J connectivity index is 4.71. The molecule has 0 aromatic carbocycles. The van der Waals surface area contributed by atoms with E-state index in [1.807, 2.05) is 18.1 Å². The molecule has 0 aliphatic rings. The van der Waals surface area contributed by atoms with Crippen molar-refractivity contribution in [1.29, 1.82) is 0 Å². The quantitative estimate of drug-likeness (QED) is 0.379. The first-order valence-electron chi connectivity index (χ1n) is 4.59. The largest absolute Gasteiger partial charge is 0.329 e. The van der Waals surface area contributed by atoms with Gasteiger partial charge in [0.15, 0.2) is 5.84 Å². The first-order valence-corrected chi connectivity index (χ1v) is 4.59. The predicted octanol–water partition coefficient (Wildman–Crippen LogP) is 2.65. The van der Waals surface area contributed by atoms with Crippen LogP contribution in [0.15, 0.2) is 29.5 Å². The second-order valence-corrected chi connectivity index (χ2v) is 3.42. The third kappa shape index (κ3) is 3.95. The molecule has 0 amide bonds. The van der Waals surface area contributed by atoms with Crippen LogP contribution in [-0.2, 0) is 0 Å². The normalized spacial score (nSPS) is 12.6. The van der Waals surface area contributed by atoms with E-state index in [0.29, 0.717) is 11.8 Å². The van der Waals surface area contributed by atoms with E-state index in [0.717, 1.165) is 0 Å². The van der Waals surface area contributed by atoms with Crippen LogP contribution in [-0.4, -0.2) is 17.8 Å². The SMILES string of the molecule is C#CC(=NC=C)N(C)/C=C(\C)C(C)C. The van der Waals surface area contributed by atoms with Gasteiger partial charge >= 0.3 is 0 Å². The molecule has 0 unspecified atom stereocenters. The summed E-state index contributed by atoms with van der Waals surface area (Å²) in [5.41, 5.74) is 1.26. The molecule has 0 atom stereocenters. The van der Waals surface area contributed by atoms with E-state index in [9.17, 15) is 0 Å². The van der Waals surface area contributed by atoms with E-state index in [1.54, 1.807) is 0 Å². The van der Waals surface area contributed by atoms with Gasteiger partial charge in [-0.2, -0.15) is 0 Å². The number of terminal acetylenes is 1. The Morgan fingerprint density at radius 1 is 1.57 bits per heavy atom. The maximum absolute atomic E-state index is 5.31. The molecular weight excluding hydrogens is 172 g/mol. The Kier molecular flexibility index (Phi) is 5.40. The number of nitrogens with zero attached hydrogens (tertiary/aromatic N) is 2. The van der Waals surface area contributed by atoms with Crippen LogP contribution in [0.4, 0.5) is 0 Å². The van der Waals surface area contributed by atoms with Crippen LogP contribution in [0, 0.1) is 18.3 Å². The van der Waals surface area contributed by atoms with Crippen LogP contribution in [0.1, 0.15) is 20.8 Å². The molecule has 0 fully saturated rings. The second kappa shape index (κ2) is 6.04. The molecule has 0 aliphatic heterocycles. The molecule has 0 aromatic heterocycles. The molecule has 14 heavy (non-hydrogen) atoms. The summed E-state index contributed by atoms with van der Waals surface area (Å²) in [6.07, 6.45) is 8.75. The third-order valence-electron chi connectivity index (χ3n) is 1.98. The summed E-state index contributed by atoms with van der Waals surface area (Å²) in [6, 6.07) is 0. The smallest absolute Gasteiger partial charge is 0.184 e. The van der Waals surface area contributed by atoms with Crippen molar-refractivity contribution >= 4 is 5.84 Å². The van der Waals surface area contributed by atoms with Gasteiger partial charge in [-0.3, -0.25) is 0 Å². The molecule has 0 bridgehead atoms. The van der Waals surface area contributed by atoms with Gasteiger partial charge in [-0.25, -0.2) is 4.99 Å². The third-order valence-corrected chi connectivity index (χ3v) is 1.98. The minimum absolute atomic E-state index is 0.514. The van der Waals surface area contributed by atoms with E-state index in [4.69, 9.17) is 6.42 Å². The van der Waals surface area contributed by atoms with E-state index >= 15 is 0 Å². The standard InChI is InChI=1S/C12H18N2/c1-7-12(13-8-2)14(6)9-11(5)10(3)4/h1,8-10H,2H2,3-6H3/b11-9+,13-12?. The van der Waals surface area contributed by atoms with Crippen LogP contribution < -0.4 is 0 Å². The first-order chi connectivity index (χ1) is 6.52. The van der Waals surface area contributed by atoms with Gasteiger partial charge in [0.05, 0.1) is 0 Å². The maximum Gasteiger partial charge on any atom is 0.184 e. The fraction of sp³-hybridized carbons (Fsp3) is 0.417. The summed E-state index contributed by atoms with van der Waals surface area (Å²) in [5, 5.41) is 0. The van der Waals surface area contributed by atoms with Gasteiger partial charge in [0.25, 0.3) is 0 Å². The van der Waals surface area contributed by atoms with Gasteiger partial charge in [0.1, 0.15) is 0 Å². The highest BCUT2D eigenvalue weighted by molar-refractivity contribution is 5.98. The zero-order valence-electron chi connectivity index (χ0n) is 9.41. The summed E-state index contributed by atoms with van der Waals surface area (Å²) in [7, 11) is 1.88. The molecule has 0 aromatic rings. The fourth-order valence-corrected chi connectivity index (χ4v) is 0.832. The minimum Gasteiger partial charge on any atom is -0.329 e. The van der Waals surface area contributed by atoms with Crippen LogP contribution in [0.25, 0.3) is 0 Å². The van der Waals surface area contributed by atoms with E-state index in [2.05, 4.69) is 38.3 Å². The van der Waals surface area contributed by atoms with Gasteiger partial charge in [-0.1, -0.05) is 26.0 Å². The average Bonchev–Trinajstić information content (AvgIpc) is 2.13. The number of amidine groups is 1. The second-order valence-electron chi connectivity index (χ2n) is 3.42. The topological polar surface area (TPSA) is 15.6 Å². The summed E-state index contributed by atoms with van der Waals surface area (Å²) in [6.45, 7) is 9.86. The van der Waals surface area contributed by atoms with Gasteiger partial charge in [0, 0.05) is 19.4 Å². The summed E-state index contributed by atoms with van der Waals surface area (Å²) in [4.78, 5) is 5.81. The lowest BCUT2D eigenvalue weighted by atomic mass is 10.1. The number of aliphatic imine (C=N–C) groups is 1. The molecule has 2 nitrogen and oxygen atoms in total. The van der Waals surface area contributed by atoms with Crippen molar-refractivity contribution in [3.8, 4) is 12.3 Å². The fourth-order valence-electron chi connectivity index (χ4n) is 0.832. The maximum atomic E-state index is 5.31. The minimum atomic E-state index is 0.514. The van der Waals surface area contributed by atoms with Crippen molar-refractivity contribution in [2.45, 2.75) is 20.8 Å². The van der Waals surface area contributed by atoms with Gasteiger partial charge in [-0.15, -0.1) is 6.42 Å². The van der Waals surface area contributed by atoms with Gasteiger partial charge < -0.3 is 4.90 Å². The molecule has 0 radical (unpaired) electrons. The van der Waals surface area contributed by atoms with Crippen molar-refractivity contribution in [3.05, 3.63) is 24.6 Å². The Hall–Kier alpha value is -1.49. The Morgan fingerprint density at radius 2 is 2.14 bits per heavy atom. The molecule has 0 rings (SSSR count). The lowest BCUT2D eigenvalue weighted by Gasteiger charge is -2.15. The van der Waals surface area contributed by atoms with E-state index in [-0.39, 0.29) is 0 Å². The first kappa shape index (κ1) is 12.5. The van der Waals surface area contributed by atoms with Crippen molar-refractivity contribution in [2.75, 3.05) is 7.05 Å². The number of hydrogen-bond acceptors (Lipinski definition) is 1. The number of allylic oxidation sites excluding steroid dienone is 1. The zero-order valence-corrected chi connectivity index (χ0v) is 9.41. The van der Waals surface area contributed by atoms with Crippen LogP contribution in [0.3, 0.4) is 0 Å². The highest BCUT2D eigenvalue weighted by Gasteiger charge is 2.01. The molecule has 2 heteroatoms. The molecule has 0 heterocycles. The van der Waals surface area contributed by atoms with E-state index in [1.165, 1.54) is 11.8 Å². The molecule has 0 saturated carbocycles. The van der Waals surface area contributed by atoms with Crippen molar-refractivity contribution in [1.82, 2.24) is 4.90 Å². The molecule has 0 N–H and O–H groups in total. The molecular formula is C12H18N2. The molecule has 0 spiro atoms. The number of rotatable bonds is 3. The predicted molar refractivity (Wildman–Crippen MR) is 62.8 cm³/mol. The van der Waals surface area contributed by atoms with Crippen LogP contribution in [0.2, 0.25) is 0 Å². The van der Waals surface area contributed by atoms with Crippen LogP contribution >= 0.6 is 0 Å². The van der Waals surface area contributed by atoms with Crippen molar-refractivity contribution < 1.29 is 0 Å². The van der Waals surface area contributed by atoms with E-state index < -0.39 is 0 Å². The summed E-state index contributed by atoms with van der Waals surface area (Å²) >= 11 is 0. The highest BCUT2D eigenvalue weighted by Crippen LogP contribution is 2.08. The van der Waals surface area contributed by atoms with Crippen molar-refractivity contribution in [2.24, 2.45) is 10.9 Å². The Labute approximate surface area is 87.0 Å². The average molecular weight is 190 g/mol. The lowest BCUT2D eigenvalue weighted by Crippen LogP contribution is -2.19. The molecule has 0 aliphatic carbocycles. The Morgan fingerprint density at radius 3 is 2.50 bits per heavy atom. The van der Waals surface area contributed by atoms with Crippen LogP contribution in [0.5, 0.6) is 0 Å². The molecule has 0 saturated heterocycles. The summed E-state index contributed by atoms with van der Waals surface area (Å²) < 4.78 is 0. The Bertz CT molecular complexity index is 290. The zero-order chi connectivity index (χ0) is 11.1. The summed E-state index contributed by atoms with van der Waals surface area (Å²) in [5.74, 6) is 3.59.